The molecule has 0 atom stereocenters. The molecule has 0 radical (unpaired) electrons. The Bertz CT molecular complexity index is 431. The lowest BCUT2D eigenvalue weighted by molar-refractivity contribution is -0.121. The first-order chi connectivity index (χ1) is 8.70. The molecule has 0 saturated carbocycles. The molecule has 18 heavy (non-hydrogen) atoms. The molecular weight excluding hydrogens is 226 g/mol. The molecule has 1 aliphatic heterocycles. The predicted molar refractivity (Wildman–Crippen MR) is 73.6 cm³/mol. The number of carbonyl (C=O) groups is 1. The van der Waals surface area contributed by atoms with E-state index in [9.17, 15) is 4.79 Å². The molecule has 0 fully saturated rings. The molecule has 98 valence electrons. The molecule has 1 aromatic rings. The lowest BCUT2D eigenvalue weighted by atomic mass is 10.1. The zero-order valence-corrected chi connectivity index (χ0v) is 10.9. The predicted octanol–water partition coefficient (Wildman–Crippen LogP) is 1.03. The fourth-order valence-electron chi connectivity index (χ4n) is 2.28. The van der Waals surface area contributed by atoms with Crippen LogP contribution in [0.4, 0.5) is 5.69 Å². The fraction of sp³-hybridized carbons (Fsp3) is 0.500. The van der Waals surface area contributed by atoms with Gasteiger partial charge in [-0.15, -0.1) is 0 Å². The summed E-state index contributed by atoms with van der Waals surface area (Å²) in [6, 6.07) is 6.43. The standard InChI is InChI=1S/C14H21N3O/c1-17-8-6-12-9-11(4-5-13(12)17)10-16-14(18)3-2-7-15/h4-5,9H,2-3,6-8,10,15H2,1H3,(H,16,18). The fourth-order valence-corrected chi connectivity index (χ4v) is 2.28. The summed E-state index contributed by atoms with van der Waals surface area (Å²) in [5.74, 6) is 0.0815. The quantitative estimate of drug-likeness (QED) is 0.817. The minimum absolute atomic E-state index is 0.0815. The first-order valence-corrected chi connectivity index (χ1v) is 6.50. The van der Waals surface area contributed by atoms with Gasteiger partial charge in [0.15, 0.2) is 0 Å². The normalized spacial score (nSPS) is 13.6. The van der Waals surface area contributed by atoms with Gasteiger partial charge in [0.2, 0.25) is 5.91 Å². The van der Waals surface area contributed by atoms with E-state index in [4.69, 9.17) is 5.73 Å². The molecule has 4 nitrogen and oxygen atoms in total. The number of nitrogens with two attached hydrogens (primary N) is 1. The number of nitrogens with one attached hydrogen (secondary N) is 1. The average molecular weight is 247 g/mol. The summed E-state index contributed by atoms with van der Waals surface area (Å²) in [6.45, 7) is 2.26. The van der Waals surface area contributed by atoms with Crippen molar-refractivity contribution in [2.45, 2.75) is 25.8 Å². The Morgan fingerprint density at radius 2 is 2.33 bits per heavy atom. The molecule has 1 aromatic carbocycles. The van der Waals surface area contributed by atoms with Crippen molar-refractivity contribution >= 4 is 11.6 Å². The van der Waals surface area contributed by atoms with Crippen molar-refractivity contribution in [3.63, 3.8) is 0 Å². The maximum Gasteiger partial charge on any atom is 0.220 e. The molecule has 1 aliphatic rings. The van der Waals surface area contributed by atoms with Gasteiger partial charge in [0.1, 0.15) is 0 Å². The average Bonchev–Trinajstić information content (AvgIpc) is 2.75. The van der Waals surface area contributed by atoms with Gasteiger partial charge in [-0.05, 0) is 36.6 Å². The molecule has 0 spiro atoms. The second-order valence-corrected chi connectivity index (χ2v) is 4.80. The van der Waals surface area contributed by atoms with E-state index in [1.54, 1.807) is 0 Å². The van der Waals surface area contributed by atoms with Gasteiger partial charge in [-0.25, -0.2) is 0 Å². The number of rotatable bonds is 5. The van der Waals surface area contributed by atoms with Crippen molar-refractivity contribution in [3.05, 3.63) is 29.3 Å². The van der Waals surface area contributed by atoms with Crippen molar-refractivity contribution in [1.82, 2.24) is 5.32 Å². The number of likely N-dealkylation sites (N-methyl/N-ethyl adjacent to an activating group) is 1. The molecule has 0 unspecified atom stereocenters. The Balaban J connectivity index is 1.89. The zero-order valence-electron chi connectivity index (χ0n) is 10.9. The van der Waals surface area contributed by atoms with Gasteiger partial charge in [-0.1, -0.05) is 12.1 Å². The first kappa shape index (κ1) is 12.9. The number of hydrogen-bond donors (Lipinski definition) is 2. The highest BCUT2D eigenvalue weighted by Gasteiger charge is 2.15. The minimum Gasteiger partial charge on any atom is -0.374 e. The van der Waals surface area contributed by atoms with Gasteiger partial charge in [0.05, 0.1) is 0 Å². The van der Waals surface area contributed by atoms with Gasteiger partial charge in [0.25, 0.3) is 0 Å². The van der Waals surface area contributed by atoms with Crippen LogP contribution in [0.3, 0.4) is 0 Å². The number of benzene rings is 1. The van der Waals surface area contributed by atoms with E-state index in [0.29, 0.717) is 19.5 Å². The Morgan fingerprint density at radius 1 is 1.50 bits per heavy atom. The van der Waals surface area contributed by atoms with E-state index in [1.165, 1.54) is 16.8 Å². The molecular formula is C14H21N3O. The van der Waals surface area contributed by atoms with Crippen LogP contribution in [-0.2, 0) is 17.8 Å². The Hall–Kier alpha value is -1.55. The summed E-state index contributed by atoms with van der Waals surface area (Å²) in [4.78, 5) is 13.7. The highest BCUT2D eigenvalue weighted by Crippen LogP contribution is 2.27. The summed E-state index contributed by atoms with van der Waals surface area (Å²) in [5, 5.41) is 2.93. The van der Waals surface area contributed by atoms with Crippen molar-refractivity contribution in [2.24, 2.45) is 5.73 Å². The van der Waals surface area contributed by atoms with E-state index in [0.717, 1.165) is 19.4 Å². The van der Waals surface area contributed by atoms with Crippen molar-refractivity contribution in [1.29, 1.82) is 0 Å². The molecule has 0 aliphatic carbocycles. The van der Waals surface area contributed by atoms with E-state index in [-0.39, 0.29) is 5.91 Å². The zero-order chi connectivity index (χ0) is 13.0. The van der Waals surface area contributed by atoms with Crippen LogP contribution in [0.2, 0.25) is 0 Å². The number of hydrogen-bond acceptors (Lipinski definition) is 3. The SMILES string of the molecule is CN1CCc2cc(CNC(=O)CCCN)ccc21. The molecule has 4 heteroatoms. The third-order valence-corrected chi connectivity index (χ3v) is 3.37. The van der Waals surface area contributed by atoms with E-state index < -0.39 is 0 Å². The molecule has 2 rings (SSSR count). The summed E-state index contributed by atoms with van der Waals surface area (Å²) < 4.78 is 0. The number of fused-ring (bicyclic) bond motifs is 1. The van der Waals surface area contributed by atoms with E-state index in [1.807, 2.05) is 0 Å². The second kappa shape index (κ2) is 5.87. The van der Waals surface area contributed by atoms with Crippen molar-refractivity contribution in [2.75, 3.05) is 25.0 Å². The second-order valence-electron chi connectivity index (χ2n) is 4.80. The monoisotopic (exact) mass is 247 g/mol. The number of anilines is 1. The van der Waals surface area contributed by atoms with Crippen LogP contribution in [0, 0.1) is 0 Å². The highest BCUT2D eigenvalue weighted by atomic mass is 16.1. The molecule has 1 heterocycles. The third kappa shape index (κ3) is 3.01. The van der Waals surface area contributed by atoms with E-state index in [2.05, 4.69) is 35.5 Å². The summed E-state index contributed by atoms with van der Waals surface area (Å²) in [6.07, 6.45) is 2.37. The smallest absolute Gasteiger partial charge is 0.220 e. The minimum atomic E-state index is 0.0815. The highest BCUT2D eigenvalue weighted by molar-refractivity contribution is 5.75. The number of nitrogens with zero attached hydrogens (tertiary/aromatic N) is 1. The van der Waals surface area contributed by atoms with Crippen LogP contribution in [0.25, 0.3) is 0 Å². The molecule has 0 bridgehead atoms. The van der Waals surface area contributed by atoms with Crippen LogP contribution in [0.1, 0.15) is 24.0 Å². The van der Waals surface area contributed by atoms with Crippen LogP contribution in [-0.4, -0.2) is 26.0 Å². The van der Waals surface area contributed by atoms with E-state index >= 15 is 0 Å². The van der Waals surface area contributed by atoms with Crippen LogP contribution < -0.4 is 16.0 Å². The molecule has 3 N–H and O–H groups in total. The summed E-state index contributed by atoms with van der Waals surface area (Å²) in [5.41, 5.74) is 9.24. The largest absolute Gasteiger partial charge is 0.374 e. The number of amides is 1. The van der Waals surface area contributed by atoms with Crippen LogP contribution >= 0.6 is 0 Å². The van der Waals surface area contributed by atoms with Gasteiger partial charge >= 0.3 is 0 Å². The summed E-state index contributed by atoms with van der Waals surface area (Å²) >= 11 is 0. The maximum absolute atomic E-state index is 11.5. The van der Waals surface area contributed by atoms with Crippen LogP contribution in [0.15, 0.2) is 18.2 Å². The van der Waals surface area contributed by atoms with Gasteiger partial charge in [-0.3, -0.25) is 4.79 Å². The van der Waals surface area contributed by atoms with Crippen molar-refractivity contribution < 1.29 is 4.79 Å². The van der Waals surface area contributed by atoms with Crippen molar-refractivity contribution in [3.8, 4) is 0 Å². The Labute approximate surface area is 108 Å². The molecule has 0 aromatic heterocycles. The molecule has 1 amide bonds. The maximum atomic E-state index is 11.5. The van der Waals surface area contributed by atoms with Gasteiger partial charge < -0.3 is 16.0 Å². The topological polar surface area (TPSA) is 58.4 Å². The van der Waals surface area contributed by atoms with Gasteiger partial charge in [-0.2, -0.15) is 0 Å². The Morgan fingerprint density at radius 3 is 3.11 bits per heavy atom. The lowest BCUT2D eigenvalue weighted by Crippen LogP contribution is -2.23. The lowest BCUT2D eigenvalue weighted by Gasteiger charge is -2.12. The number of carbonyl (C=O) groups excluding carboxylic acids is 1. The van der Waals surface area contributed by atoms with Crippen LogP contribution in [0.5, 0.6) is 0 Å². The van der Waals surface area contributed by atoms with Gasteiger partial charge in [0, 0.05) is 32.2 Å². The Kier molecular flexibility index (Phi) is 4.20. The first-order valence-electron chi connectivity index (χ1n) is 6.50. The summed E-state index contributed by atoms with van der Waals surface area (Å²) in [7, 11) is 2.11. The third-order valence-electron chi connectivity index (χ3n) is 3.37. The molecule has 0 saturated heterocycles.